The van der Waals surface area contributed by atoms with Gasteiger partial charge in [-0.3, -0.25) is 9.52 Å². The summed E-state index contributed by atoms with van der Waals surface area (Å²) in [4.78, 5) is 20.3. The van der Waals surface area contributed by atoms with Crippen LogP contribution in [-0.2, 0) is 17.1 Å². The summed E-state index contributed by atoms with van der Waals surface area (Å²) in [6, 6.07) is 9.91. The van der Waals surface area contributed by atoms with Crippen LogP contribution in [0.15, 0.2) is 35.2 Å². The molecule has 1 saturated heterocycles. The number of aromatic nitrogens is 2. The second-order valence-corrected chi connectivity index (χ2v) is 11.4. The number of aryl methyl sites for hydroxylation is 1. The SMILES string of the molecule is Cc1nc(-c2cc(S(=O)(=O)Nc3cccc(C#N)c3)c(C)n2C)sc1C(=O)N1CCC(C)CC1. The monoisotopic (exact) mass is 497 g/mol. The molecule has 34 heavy (non-hydrogen) atoms. The van der Waals surface area contributed by atoms with E-state index in [4.69, 9.17) is 5.26 Å². The Morgan fingerprint density at radius 2 is 1.94 bits per heavy atom. The van der Waals surface area contributed by atoms with Crippen molar-refractivity contribution >= 4 is 33.0 Å². The van der Waals surface area contributed by atoms with Crippen molar-refractivity contribution in [2.45, 2.75) is 38.5 Å². The van der Waals surface area contributed by atoms with Gasteiger partial charge in [-0.05, 0) is 56.9 Å². The van der Waals surface area contributed by atoms with Gasteiger partial charge in [0.1, 0.15) is 14.8 Å². The van der Waals surface area contributed by atoms with Gasteiger partial charge < -0.3 is 9.47 Å². The van der Waals surface area contributed by atoms with E-state index < -0.39 is 10.0 Å². The Morgan fingerprint density at radius 3 is 2.62 bits per heavy atom. The highest BCUT2D eigenvalue weighted by Crippen LogP contribution is 2.34. The Kier molecular flexibility index (Phi) is 6.51. The molecule has 2 aromatic heterocycles. The molecule has 1 N–H and O–H groups in total. The third kappa shape index (κ3) is 4.58. The third-order valence-corrected chi connectivity index (χ3v) is 8.97. The normalized spacial score (nSPS) is 14.7. The third-order valence-electron chi connectivity index (χ3n) is 6.30. The molecule has 1 aliphatic rings. The van der Waals surface area contributed by atoms with Crippen molar-refractivity contribution in [2.24, 2.45) is 13.0 Å². The van der Waals surface area contributed by atoms with E-state index in [1.54, 1.807) is 42.8 Å². The van der Waals surface area contributed by atoms with Crippen molar-refractivity contribution in [3.8, 4) is 16.8 Å². The van der Waals surface area contributed by atoms with E-state index in [0.717, 1.165) is 25.9 Å². The Bertz CT molecular complexity index is 1390. The molecule has 0 bridgehead atoms. The lowest BCUT2D eigenvalue weighted by Gasteiger charge is -2.30. The van der Waals surface area contributed by atoms with Crippen molar-refractivity contribution in [3.05, 3.63) is 52.2 Å². The number of likely N-dealkylation sites (tertiary alicyclic amines) is 1. The van der Waals surface area contributed by atoms with E-state index in [-0.39, 0.29) is 10.8 Å². The summed E-state index contributed by atoms with van der Waals surface area (Å²) in [7, 11) is -2.12. The molecule has 1 aromatic carbocycles. The molecule has 4 rings (SSSR count). The van der Waals surface area contributed by atoms with E-state index in [1.165, 1.54) is 17.4 Å². The minimum atomic E-state index is -3.90. The second kappa shape index (κ2) is 9.24. The van der Waals surface area contributed by atoms with Crippen LogP contribution in [0.25, 0.3) is 10.7 Å². The number of carbonyl (C=O) groups is 1. The standard InChI is InChI=1S/C24H27N5O3S2/c1-15-8-10-29(11-9-15)24(30)22-16(2)26-23(33-22)20-13-21(17(3)28(20)4)34(31,32)27-19-7-5-6-18(12-19)14-25/h5-7,12-13,15,27H,8-11H2,1-4H3. The lowest BCUT2D eigenvalue weighted by molar-refractivity contribution is 0.0701. The van der Waals surface area contributed by atoms with Crippen molar-refractivity contribution < 1.29 is 13.2 Å². The fourth-order valence-corrected chi connectivity index (χ4v) is 6.50. The quantitative estimate of drug-likeness (QED) is 0.565. The Labute approximate surface area is 203 Å². The lowest BCUT2D eigenvalue weighted by atomic mass is 9.99. The zero-order valence-electron chi connectivity index (χ0n) is 19.6. The van der Waals surface area contributed by atoms with Crippen molar-refractivity contribution in [2.75, 3.05) is 17.8 Å². The van der Waals surface area contributed by atoms with Gasteiger partial charge in [0.15, 0.2) is 0 Å². The maximum Gasteiger partial charge on any atom is 0.265 e. The summed E-state index contributed by atoms with van der Waals surface area (Å²) < 4.78 is 30.6. The van der Waals surface area contributed by atoms with Gasteiger partial charge in [0.05, 0.1) is 28.7 Å². The number of sulfonamides is 1. The van der Waals surface area contributed by atoms with Gasteiger partial charge >= 0.3 is 0 Å². The van der Waals surface area contributed by atoms with Gasteiger partial charge in [-0.2, -0.15) is 5.26 Å². The zero-order valence-corrected chi connectivity index (χ0v) is 21.3. The number of nitriles is 1. The van der Waals surface area contributed by atoms with Crippen molar-refractivity contribution in [1.29, 1.82) is 5.26 Å². The minimum Gasteiger partial charge on any atom is -0.345 e. The number of hydrogen-bond acceptors (Lipinski definition) is 6. The molecule has 0 radical (unpaired) electrons. The summed E-state index contributed by atoms with van der Waals surface area (Å²) in [5.41, 5.74) is 2.51. The van der Waals surface area contributed by atoms with Crippen LogP contribution in [-0.4, -0.2) is 41.9 Å². The van der Waals surface area contributed by atoms with Crippen LogP contribution in [0.5, 0.6) is 0 Å². The number of carbonyl (C=O) groups excluding carboxylic acids is 1. The van der Waals surface area contributed by atoms with Crippen LogP contribution in [0.2, 0.25) is 0 Å². The van der Waals surface area contributed by atoms with Crippen molar-refractivity contribution in [3.63, 3.8) is 0 Å². The summed E-state index contributed by atoms with van der Waals surface area (Å²) in [5, 5.41) is 9.68. The average Bonchev–Trinajstić information content (AvgIpc) is 3.33. The molecule has 3 aromatic rings. The molecular weight excluding hydrogens is 470 g/mol. The average molecular weight is 498 g/mol. The molecule has 0 unspecified atom stereocenters. The molecule has 8 nitrogen and oxygen atoms in total. The number of amides is 1. The largest absolute Gasteiger partial charge is 0.345 e. The van der Waals surface area contributed by atoms with Gasteiger partial charge in [0.2, 0.25) is 0 Å². The second-order valence-electron chi connectivity index (χ2n) is 8.74. The number of benzene rings is 1. The molecule has 1 amide bonds. The van der Waals surface area contributed by atoms with Gasteiger partial charge in [-0.25, -0.2) is 13.4 Å². The van der Waals surface area contributed by atoms with Gasteiger partial charge in [-0.1, -0.05) is 13.0 Å². The number of hydrogen-bond donors (Lipinski definition) is 1. The van der Waals surface area contributed by atoms with Gasteiger partial charge in [0, 0.05) is 25.8 Å². The van der Waals surface area contributed by atoms with Crippen LogP contribution >= 0.6 is 11.3 Å². The molecule has 0 atom stereocenters. The first-order valence-electron chi connectivity index (χ1n) is 11.1. The first-order valence-corrected chi connectivity index (χ1v) is 13.4. The maximum atomic E-state index is 13.1. The van der Waals surface area contributed by atoms with Gasteiger partial charge in [-0.15, -0.1) is 11.3 Å². The molecule has 178 valence electrons. The first-order chi connectivity index (χ1) is 16.1. The lowest BCUT2D eigenvalue weighted by Crippen LogP contribution is -2.37. The topological polar surface area (TPSA) is 108 Å². The van der Waals surface area contributed by atoms with Crippen LogP contribution < -0.4 is 4.72 Å². The highest BCUT2D eigenvalue weighted by molar-refractivity contribution is 7.92. The molecule has 0 spiro atoms. The Balaban J connectivity index is 1.64. The maximum absolute atomic E-state index is 13.1. The number of piperidine rings is 1. The number of thiazole rings is 1. The fourth-order valence-electron chi connectivity index (χ4n) is 4.07. The van der Waals surface area contributed by atoms with E-state index >= 15 is 0 Å². The van der Waals surface area contributed by atoms with E-state index in [1.807, 2.05) is 17.9 Å². The Morgan fingerprint density at radius 1 is 1.24 bits per heavy atom. The minimum absolute atomic E-state index is 0.00836. The summed E-state index contributed by atoms with van der Waals surface area (Å²) in [6.07, 6.45) is 2.00. The highest BCUT2D eigenvalue weighted by Gasteiger charge is 2.28. The zero-order chi connectivity index (χ0) is 24.6. The highest BCUT2D eigenvalue weighted by atomic mass is 32.2. The molecule has 1 aliphatic heterocycles. The number of rotatable bonds is 5. The first kappa shape index (κ1) is 24.0. The predicted molar refractivity (Wildman–Crippen MR) is 132 cm³/mol. The number of nitrogens with one attached hydrogen (secondary N) is 1. The number of anilines is 1. The summed E-state index contributed by atoms with van der Waals surface area (Å²) >= 11 is 1.30. The summed E-state index contributed by atoms with van der Waals surface area (Å²) in [5.74, 6) is 0.621. The van der Waals surface area contributed by atoms with Crippen LogP contribution in [0, 0.1) is 31.1 Å². The van der Waals surface area contributed by atoms with E-state index in [2.05, 4.69) is 16.6 Å². The van der Waals surface area contributed by atoms with Crippen LogP contribution in [0.4, 0.5) is 5.69 Å². The number of nitrogens with zero attached hydrogens (tertiary/aromatic N) is 4. The fraction of sp³-hybridized carbons (Fsp3) is 0.375. The predicted octanol–water partition coefficient (Wildman–Crippen LogP) is 4.31. The molecule has 0 saturated carbocycles. The smallest absolute Gasteiger partial charge is 0.265 e. The molecule has 1 fully saturated rings. The van der Waals surface area contributed by atoms with E-state index in [0.29, 0.717) is 44.1 Å². The Hall–Kier alpha value is -3.16. The van der Waals surface area contributed by atoms with Gasteiger partial charge in [0.25, 0.3) is 15.9 Å². The van der Waals surface area contributed by atoms with Crippen LogP contribution in [0.1, 0.15) is 46.4 Å². The molecular formula is C24H27N5O3S2. The molecule has 3 heterocycles. The molecule has 10 heteroatoms. The van der Waals surface area contributed by atoms with Crippen molar-refractivity contribution in [1.82, 2.24) is 14.5 Å². The van der Waals surface area contributed by atoms with E-state index in [9.17, 15) is 13.2 Å². The van der Waals surface area contributed by atoms with Crippen LogP contribution in [0.3, 0.4) is 0 Å². The molecule has 0 aliphatic carbocycles. The summed E-state index contributed by atoms with van der Waals surface area (Å²) in [6.45, 7) is 7.24.